The summed E-state index contributed by atoms with van der Waals surface area (Å²) < 4.78 is 0. The molecule has 360 valence electrons. The first kappa shape index (κ1) is 45.1. The lowest BCUT2D eigenvalue weighted by Crippen LogP contribution is -2.29. The molecule has 2 aliphatic carbocycles. The molecule has 3 heteroatoms. The van der Waals surface area contributed by atoms with E-state index in [1.54, 1.807) is 0 Å². The first-order chi connectivity index (χ1) is 37.5. The van der Waals surface area contributed by atoms with E-state index in [1.807, 2.05) is 0 Å². The van der Waals surface area contributed by atoms with Crippen molar-refractivity contribution in [3.05, 3.63) is 319 Å². The van der Waals surface area contributed by atoms with Gasteiger partial charge in [0.25, 0.3) is 0 Å². The maximum atomic E-state index is 5.40. The Morgan fingerprint density at radius 1 is 0.303 bits per heavy atom. The van der Waals surface area contributed by atoms with Crippen molar-refractivity contribution in [3.63, 3.8) is 0 Å². The van der Waals surface area contributed by atoms with Gasteiger partial charge in [0, 0.05) is 45.6 Å². The van der Waals surface area contributed by atoms with Crippen LogP contribution in [0.25, 0.3) is 55.3 Å². The maximum absolute atomic E-state index is 5.40. The highest BCUT2D eigenvalue weighted by Crippen LogP contribution is 2.60. The van der Waals surface area contributed by atoms with E-state index in [4.69, 9.17) is 4.98 Å². The summed E-state index contributed by atoms with van der Waals surface area (Å²) in [5, 5.41) is 2.40. The van der Waals surface area contributed by atoms with E-state index in [1.165, 1.54) is 77.5 Å². The Kier molecular flexibility index (Phi) is 10.7. The molecule has 0 aliphatic heterocycles. The smallest absolute Gasteiger partial charge is 0.137 e. The minimum absolute atomic E-state index is 0.136. The SMILES string of the molecule is CC1(C)c2ccccc2-c2ccc(N(c3ccccc3)c3ccc(-c4cc5c(c6ccccc46)-c4ccc(N(c6ccccc6)c6ccc(-c7ccccc7)cc6)cc4C5(c4ccccc4)c4ccccc4)cn3)cc21. The standard InChI is InChI=1S/C73H53N3/c1-72(2)66-35-21-20-33-61(66)62-43-41-59(46-67(62)72)76(56-30-16-7-17-31-56)70-45-38-52(49-74-70)65-48-69-71(63-34-19-18-32-60(63)65)64-44-42-58(47-68(64)73(69,53-24-10-4-11-25-53)54-26-12-5-13-27-54)75(55-28-14-6-15-29-55)57-39-36-51(37-40-57)50-22-8-3-9-23-50/h3-49H,1-2H3. The number of hydrogen-bond acceptors (Lipinski definition) is 3. The fourth-order valence-corrected chi connectivity index (χ4v) is 12.7. The first-order valence-electron chi connectivity index (χ1n) is 26.4. The fraction of sp³-hybridized carbons (Fsp3) is 0.0548. The summed E-state index contributed by atoms with van der Waals surface area (Å²) in [5.74, 6) is 0.856. The molecule has 0 atom stereocenters. The molecule has 0 saturated carbocycles. The number of anilines is 6. The zero-order chi connectivity index (χ0) is 50.8. The topological polar surface area (TPSA) is 19.4 Å². The zero-order valence-electron chi connectivity index (χ0n) is 42.5. The van der Waals surface area contributed by atoms with Gasteiger partial charge in [-0.1, -0.05) is 214 Å². The Bertz CT molecular complexity index is 4060. The normalized spacial score (nSPS) is 13.3. The van der Waals surface area contributed by atoms with Crippen molar-refractivity contribution in [2.45, 2.75) is 24.7 Å². The van der Waals surface area contributed by atoms with Crippen LogP contribution in [0.15, 0.2) is 285 Å². The molecule has 3 nitrogen and oxygen atoms in total. The van der Waals surface area contributed by atoms with Crippen LogP contribution in [-0.4, -0.2) is 4.98 Å². The summed E-state index contributed by atoms with van der Waals surface area (Å²) in [6.07, 6.45) is 2.08. The fourth-order valence-electron chi connectivity index (χ4n) is 12.7. The molecular formula is C73H53N3. The number of fused-ring (bicyclic) bond motifs is 8. The number of rotatable bonds is 10. The van der Waals surface area contributed by atoms with E-state index in [-0.39, 0.29) is 5.41 Å². The lowest BCUT2D eigenvalue weighted by atomic mass is 9.67. The minimum Gasteiger partial charge on any atom is -0.310 e. The molecule has 1 aromatic heterocycles. The highest BCUT2D eigenvalue weighted by molar-refractivity contribution is 6.10. The Balaban J connectivity index is 0.947. The molecule has 0 unspecified atom stereocenters. The molecule has 0 saturated heterocycles. The van der Waals surface area contributed by atoms with Gasteiger partial charge < -0.3 is 4.90 Å². The third-order valence-electron chi connectivity index (χ3n) is 16.2. The molecule has 0 N–H and O–H groups in total. The van der Waals surface area contributed by atoms with Gasteiger partial charge in [-0.2, -0.15) is 0 Å². The van der Waals surface area contributed by atoms with Crippen LogP contribution in [-0.2, 0) is 10.8 Å². The summed E-state index contributed by atoms with van der Waals surface area (Å²) in [6, 6.07) is 102. The van der Waals surface area contributed by atoms with Crippen molar-refractivity contribution in [2.75, 3.05) is 9.80 Å². The Hall–Kier alpha value is -9.57. The molecule has 11 aromatic carbocycles. The molecule has 14 rings (SSSR count). The summed E-state index contributed by atoms with van der Waals surface area (Å²) in [6.45, 7) is 4.69. The Labute approximate surface area is 445 Å². The van der Waals surface area contributed by atoms with Gasteiger partial charge in [0.05, 0.1) is 5.41 Å². The summed E-state index contributed by atoms with van der Waals surface area (Å²) >= 11 is 0. The van der Waals surface area contributed by atoms with Crippen molar-refractivity contribution >= 4 is 45.0 Å². The number of para-hydroxylation sites is 2. The monoisotopic (exact) mass is 971 g/mol. The quantitative estimate of drug-likeness (QED) is 0.136. The van der Waals surface area contributed by atoms with E-state index in [0.717, 1.165) is 45.4 Å². The molecule has 2 aliphatic rings. The number of nitrogens with zero attached hydrogens (tertiary/aromatic N) is 3. The molecule has 76 heavy (non-hydrogen) atoms. The van der Waals surface area contributed by atoms with Crippen LogP contribution in [0.3, 0.4) is 0 Å². The van der Waals surface area contributed by atoms with Crippen LogP contribution in [0.5, 0.6) is 0 Å². The van der Waals surface area contributed by atoms with E-state index in [0.29, 0.717) is 0 Å². The number of aromatic nitrogens is 1. The maximum Gasteiger partial charge on any atom is 0.137 e. The predicted octanol–water partition coefficient (Wildman–Crippen LogP) is 19.2. The van der Waals surface area contributed by atoms with Gasteiger partial charge in [-0.05, 0) is 162 Å². The average Bonchev–Trinajstić information content (AvgIpc) is 3.91. The zero-order valence-corrected chi connectivity index (χ0v) is 42.5. The lowest BCUT2D eigenvalue weighted by Gasteiger charge is -2.35. The van der Waals surface area contributed by atoms with Gasteiger partial charge in [0.1, 0.15) is 5.82 Å². The molecule has 0 fully saturated rings. The van der Waals surface area contributed by atoms with Crippen LogP contribution < -0.4 is 9.80 Å². The molecule has 0 spiro atoms. The summed E-state index contributed by atoms with van der Waals surface area (Å²) in [7, 11) is 0. The van der Waals surface area contributed by atoms with Crippen molar-refractivity contribution in [2.24, 2.45) is 0 Å². The first-order valence-corrected chi connectivity index (χ1v) is 26.4. The van der Waals surface area contributed by atoms with Crippen LogP contribution in [0.2, 0.25) is 0 Å². The highest BCUT2D eigenvalue weighted by atomic mass is 15.2. The minimum atomic E-state index is -0.681. The number of benzene rings is 11. The number of pyridine rings is 1. The van der Waals surface area contributed by atoms with Crippen LogP contribution in [0, 0.1) is 0 Å². The van der Waals surface area contributed by atoms with Crippen LogP contribution >= 0.6 is 0 Å². The van der Waals surface area contributed by atoms with E-state index in [2.05, 4.69) is 309 Å². The van der Waals surface area contributed by atoms with Gasteiger partial charge in [0.2, 0.25) is 0 Å². The van der Waals surface area contributed by atoms with E-state index in [9.17, 15) is 0 Å². The number of hydrogen-bond donors (Lipinski definition) is 0. The lowest BCUT2D eigenvalue weighted by molar-refractivity contribution is 0.660. The van der Waals surface area contributed by atoms with Gasteiger partial charge in [-0.15, -0.1) is 0 Å². The van der Waals surface area contributed by atoms with Gasteiger partial charge in [0.15, 0.2) is 0 Å². The van der Waals surface area contributed by atoms with Crippen molar-refractivity contribution < 1.29 is 0 Å². The average molecular weight is 972 g/mol. The van der Waals surface area contributed by atoms with Crippen molar-refractivity contribution in [3.8, 4) is 44.5 Å². The second-order valence-electron chi connectivity index (χ2n) is 20.7. The van der Waals surface area contributed by atoms with Gasteiger partial charge in [-0.25, -0.2) is 4.98 Å². The van der Waals surface area contributed by atoms with Gasteiger partial charge >= 0.3 is 0 Å². The predicted molar refractivity (Wildman–Crippen MR) is 317 cm³/mol. The van der Waals surface area contributed by atoms with Crippen molar-refractivity contribution in [1.29, 1.82) is 0 Å². The largest absolute Gasteiger partial charge is 0.310 e. The molecule has 1 heterocycles. The highest BCUT2D eigenvalue weighted by Gasteiger charge is 2.47. The second-order valence-corrected chi connectivity index (χ2v) is 20.7. The third-order valence-corrected chi connectivity index (χ3v) is 16.2. The Morgan fingerprint density at radius 3 is 1.42 bits per heavy atom. The molecule has 12 aromatic rings. The van der Waals surface area contributed by atoms with Crippen LogP contribution in [0.1, 0.15) is 47.2 Å². The van der Waals surface area contributed by atoms with Crippen molar-refractivity contribution in [1.82, 2.24) is 4.98 Å². The van der Waals surface area contributed by atoms with Crippen LogP contribution in [0.4, 0.5) is 34.3 Å². The summed E-state index contributed by atoms with van der Waals surface area (Å²) in [4.78, 5) is 10.1. The second kappa shape index (κ2) is 18.1. The van der Waals surface area contributed by atoms with Gasteiger partial charge in [-0.3, -0.25) is 4.90 Å². The van der Waals surface area contributed by atoms with E-state index >= 15 is 0 Å². The Morgan fingerprint density at radius 2 is 0.776 bits per heavy atom. The summed E-state index contributed by atoms with van der Waals surface area (Å²) in [5.41, 5.74) is 21.9. The third kappa shape index (κ3) is 7.15. The molecule has 0 bridgehead atoms. The molecule has 0 radical (unpaired) electrons. The molecular weight excluding hydrogens is 919 g/mol. The molecule has 0 amide bonds. The van der Waals surface area contributed by atoms with E-state index < -0.39 is 5.41 Å².